The van der Waals surface area contributed by atoms with E-state index in [1.54, 1.807) is 34.8 Å². The maximum atomic E-state index is 12.9. The molecule has 32 heavy (non-hydrogen) atoms. The fraction of sp³-hybridized carbons (Fsp3) is 0.435. The molecule has 0 N–H and O–H groups in total. The molecule has 0 spiro atoms. The van der Waals surface area contributed by atoms with Gasteiger partial charge in [0.25, 0.3) is 0 Å². The molecule has 0 radical (unpaired) electrons. The van der Waals surface area contributed by atoms with Crippen molar-refractivity contribution in [2.24, 2.45) is 4.99 Å². The van der Waals surface area contributed by atoms with Crippen LogP contribution in [0.25, 0.3) is 10.6 Å². The van der Waals surface area contributed by atoms with E-state index >= 15 is 0 Å². The quantitative estimate of drug-likeness (QED) is 0.505. The number of nitrogens with zero attached hydrogens (tertiary/aromatic N) is 3. The van der Waals surface area contributed by atoms with Gasteiger partial charge in [-0.1, -0.05) is 25.3 Å². The molecule has 1 saturated heterocycles. The lowest BCUT2D eigenvalue weighted by molar-refractivity contribution is 0.0730. The van der Waals surface area contributed by atoms with Crippen molar-refractivity contribution in [1.82, 2.24) is 8.87 Å². The van der Waals surface area contributed by atoms with Gasteiger partial charge in [0.1, 0.15) is 0 Å². The molecule has 9 heteroatoms. The molecule has 1 saturated carbocycles. The lowest BCUT2D eigenvalue weighted by Gasteiger charge is -2.26. The maximum absolute atomic E-state index is 12.9. The Bertz CT molecular complexity index is 1200. The molecule has 5 rings (SSSR count). The van der Waals surface area contributed by atoms with Gasteiger partial charge in [-0.15, -0.1) is 22.7 Å². The number of sulfonamides is 1. The normalized spacial score (nSPS) is 19.4. The second kappa shape index (κ2) is 9.61. The number of aromatic nitrogens is 1. The Labute approximate surface area is 196 Å². The molecular formula is C23H27N3O3S3. The van der Waals surface area contributed by atoms with Gasteiger partial charge in [-0.3, -0.25) is 0 Å². The minimum Gasteiger partial charge on any atom is -0.379 e. The van der Waals surface area contributed by atoms with E-state index in [9.17, 15) is 8.42 Å². The van der Waals surface area contributed by atoms with E-state index in [1.807, 2.05) is 12.1 Å². The summed E-state index contributed by atoms with van der Waals surface area (Å²) >= 11 is 3.41. The van der Waals surface area contributed by atoms with Gasteiger partial charge in [0, 0.05) is 24.5 Å². The van der Waals surface area contributed by atoms with Crippen molar-refractivity contribution in [1.29, 1.82) is 0 Å². The molecule has 0 atom stereocenters. The fourth-order valence-electron chi connectivity index (χ4n) is 4.44. The predicted molar refractivity (Wildman–Crippen MR) is 129 cm³/mol. The molecule has 2 fully saturated rings. The Balaban J connectivity index is 1.48. The molecule has 1 aliphatic heterocycles. The van der Waals surface area contributed by atoms with Crippen molar-refractivity contribution >= 4 is 38.4 Å². The fourth-order valence-corrected chi connectivity index (χ4v) is 7.64. The monoisotopic (exact) mass is 489 g/mol. The lowest BCUT2D eigenvalue weighted by atomic mass is 9.95. The molecule has 6 nitrogen and oxygen atoms in total. The molecule has 1 aliphatic carbocycles. The number of hydrogen-bond acceptors (Lipinski definition) is 6. The van der Waals surface area contributed by atoms with Crippen LogP contribution < -0.4 is 4.80 Å². The van der Waals surface area contributed by atoms with Gasteiger partial charge in [-0.05, 0) is 48.6 Å². The first-order valence-corrected chi connectivity index (χ1v) is 14.3. The third-order valence-corrected chi connectivity index (χ3v) is 9.77. The minimum absolute atomic E-state index is 0.309. The zero-order chi connectivity index (χ0) is 22.0. The van der Waals surface area contributed by atoms with E-state index in [-0.39, 0.29) is 0 Å². The zero-order valence-electron chi connectivity index (χ0n) is 17.9. The molecule has 0 unspecified atom stereocenters. The van der Waals surface area contributed by atoms with Gasteiger partial charge in [-0.25, -0.2) is 13.4 Å². The molecule has 1 aromatic carbocycles. The van der Waals surface area contributed by atoms with Crippen LogP contribution in [-0.4, -0.2) is 43.6 Å². The summed E-state index contributed by atoms with van der Waals surface area (Å²) in [6, 6.07) is 11.7. The molecule has 0 bridgehead atoms. The van der Waals surface area contributed by atoms with Crippen LogP contribution in [0.1, 0.15) is 38.1 Å². The minimum atomic E-state index is -3.49. The number of ether oxygens (including phenoxy) is 1. The van der Waals surface area contributed by atoms with Crippen LogP contribution in [0.2, 0.25) is 0 Å². The standard InChI is InChI=1S/C23H27N3O3S3/c27-32(28,25-12-14-29-15-13-25)20-10-8-18(9-11-20)24-23-26(19-5-2-1-3-6-19)21(17-31-23)22-7-4-16-30-22/h4,7-11,16-17,19H,1-3,5-6,12-15H2. The average Bonchev–Trinajstić information content (AvgIpc) is 3.51. The Hall–Kier alpha value is -1.78. The lowest BCUT2D eigenvalue weighted by Crippen LogP contribution is -2.40. The highest BCUT2D eigenvalue weighted by Crippen LogP contribution is 2.34. The number of rotatable bonds is 5. The van der Waals surface area contributed by atoms with Gasteiger partial charge in [0.15, 0.2) is 4.80 Å². The third kappa shape index (κ3) is 4.49. The van der Waals surface area contributed by atoms with Crippen molar-refractivity contribution < 1.29 is 13.2 Å². The smallest absolute Gasteiger partial charge is 0.243 e. The summed E-state index contributed by atoms with van der Waals surface area (Å²) < 4.78 is 35.0. The first-order chi connectivity index (χ1) is 15.6. The number of benzene rings is 1. The molecule has 2 aliphatic rings. The largest absolute Gasteiger partial charge is 0.379 e. The second-order valence-electron chi connectivity index (χ2n) is 8.16. The molecule has 2 aromatic heterocycles. The van der Waals surface area contributed by atoms with Crippen LogP contribution in [0.5, 0.6) is 0 Å². The van der Waals surface area contributed by atoms with Crippen LogP contribution in [0.3, 0.4) is 0 Å². The van der Waals surface area contributed by atoms with E-state index in [2.05, 4.69) is 27.5 Å². The third-order valence-electron chi connectivity index (χ3n) is 6.12. The topological polar surface area (TPSA) is 63.9 Å². The zero-order valence-corrected chi connectivity index (χ0v) is 20.3. The highest BCUT2D eigenvalue weighted by atomic mass is 32.2. The van der Waals surface area contributed by atoms with Crippen LogP contribution in [0.15, 0.2) is 57.0 Å². The van der Waals surface area contributed by atoms with Crippen molar-refractivity contribution in [2.45, 2.75) is 43.0 Å². The summed E-state index contributed by atoms with van der Waals surface area (Å²) in [5.41, 5.74) is 2.01. The van der Waals surface area contributed by atoms with Gasteiger partial charge < -0.3 is 9.30 Å². The van der Waals surface area contributed by atoms with E-state index in [4.69, 9.17) is 9.73 Å². The van der Waals surface area contributed by atoms with Gasteiger partial charge in [0.05, 0.1) is 34.4 Å². The average molecular weight is 490 g/mol. The van der Waals surface area contributed by atoms with Crippen LogP contribution in [-0.2, 0) is 14.8 Å². The number of thiophene rings is 1. The summed E-state index contributed by atoms with van der Waals surface area (Å²) in [6.07, 6.45) is 6.18. The molecule has 3 heterocycles. The number of thiazole rings is 1. The van der Waals surface area contributed by atoms with Crippen LogP contribution in [0, 0.1) is 0 Å². The maximum Gasteiger partial charge on any atom is 0.243 e. The van der Waals surface area contributed by atoms with Crippen molar-refractivity contribution in [3.63, 3.8) is 0 Å². The van der Waals surface area contributed by atoms with E-state index in [0.29, 0.717) is 37.2 Å². The summed E-state index contributed by atoms with van der Waals surface area (Å²) in [5, 5.41) is 4.32. The highest BCUT2D eigenvalue weighted by Gasteiger charge is 2.26. The van der Waals surface area contributed by atoms with Crippen molar-refractivity contribution in [2.75, 3.05) is 26.3 Å². The summed E-state index contributed by atoms with van der Waals surface area (Å²) in [4.78, 5) is 7.49. The first-order valence-electron chi connectivity index (χ1n) is 11.1. The van der Waals surface area contributed by atoms with Crippen LogP contribution in [0.4, 0.5) is 5.69 Å². The van der Waals surface area contributed by atoms with Gasteiger partial charge in [-0.2, -0.15) is 4.31 Å². The Morgan fingerprint density at radius 2 is 1.72 bits per heavy atom. The summed E-state index contributed by atoms with van der Waals surface area (Å²) in [6.45, 7) is 1.69. The summed E-state index contributed by atoms with van der Waals surface area (Å²) in [7, 11) is -3.49. The van der Waals surface area contributed by atoms with E-state index in [1.165, 1.54) is 47.0 Å². The number of hydrogen-bond donors (Lipinski definition) is 0. The number of morpholine rings is 1. The summed E-state index contributed by atoms with van der Waals surface area (Å²) in [5.74, 6) is 0. The Kier molecular flexibility index (Phi) is 6.61. The van der Waals surface area contributed by atoms with Crippen molar-refractivity contribution in [3.8, 4) is 10.6 Å². The molecular weight excluding hydrogens is 462 g/mol. The molecule has 170 valence electrons. The first kappa shape index (κ1) is 22.0. The molecule has 0 amide bonds. The van der Waals surface area contributed by atoms with Crippen LogP contribution >= 0.6 is 22.7 Å². The SMILES string of the molecule is O=S(=O)(c1ccc(N=c2scc(-c3cccs3)n2C2CCCCC2)cc1)N1CCOCC1. The second-order valence-corrected chi connectivity index (χ2v) is 11.9. The van der Waals surface area contributed by atoms with Gasteiger partial charge >= 0.3 is 0 Å². The Morgan fingerprint density at radius 1 is 0.969 bits per heavy atom. The van der Waals surface area contributed by atoms with Crippen molar-refractivity contribution in [3.05, 3.63) is 52.0 Å². The Morgan fingerprint density at radius 3 is 2.41 bits per heavy atom. The van der Waals surface area contributed by atoms with Gasteiger partial charge in [0.2, 0.25) is 10.0 Å². The van der Waals surface area contributed by atoms with E-state index < -0.39 is 10.0 Å². The predicted octanol–water partition coefficient (Wildman–Crippen LogP) is 5.04. The highest BCUT2D eigenvalue weighted by molar-refractivity contribution is 7.89. The molecule has 3 aromatic rings. The van der Waals surface area contributed by atoms with E-state index in [0.717, 1.165) is 10.5 Å².